The average molecular weight is 435 g/mol. The van der Waals surface area contributed by atoms with Crippen LogP contribution in [-0.2, 0) is 16.1 Å². The number of fused-ring (bicyclic) bond motifs is 1. The third-order valence-corrected chi connectivity index (χ3v) is 5.24. The maximum Gasteiger partial charge on any atom is 0.326 e. The SMILES string of the molecule is CCOC(=O)Cn1c(=NC(=O)c2cccc([N+](=O)[O-])c2C)sc2cc(F)cc(F)c21. The number of amides is 1. The first-order chi connectivity index (χ1) is 14.2. The first kappa shape index (κ1) is 21.2. The van der Waals surface area contributed by atoms with Crippen molar-refractivity contribution < 1.29 is 28.0 Å². The van der Waals surface area contributed by atoms with Crippen molar-refractivity contribution in [2.75, 3.05) is 6.61 Å². The van der Waals surface area contributed by atoms with Gasteiger partial charge in [-0.2, -0.15) is 4.99 Å². The fourth-order valence-corrected chi connectivity index (χ4v) is 3.96. The van der Waals surface area contributed by atoms with E-state index in [1.165, 1.54) is 25.1 Å². The van der Waals surface area contributed by atoms with Crippen molar-refractivity contribution in [3.05, 3.63) is 68.0 Å². The third-order valence-electron chi connectivity index (χ3n) is 4.22. The van der Waals surface area contributed by atoms with Crippen LogP contribution in [0.4, 0.5) is 14.5 Å². The van der Waals surface area contributed by atoms with Crippen LogP contribution in [0.25, 0.3) is 10.2 Å². The Morgan fingerprint density at radius 2 is 2.03 bits per heavy atom. The van der Waals surface area contributed by atoms with E-state index in [1.54, 1.807) is 6.92 Å². The first-order valence-corrected chi connectivity index (χ1v) is 9.51. The molecule has 8 nitrogen and oxygen atoms in total. The smallest absolute Gasteiger partial charge is 0.326 e. The summed E-state index contributed by atoms with van der Waals surface area (Å²) in [5.41, 5.74) is -0.251. The second-order valence-corrected chi connectivity index (χ2v) is 7.14. The fraction of sp³-hybridized carbons (Fsp3) is 0.211. The number of thiazole rings is 1. The van der Waals surface area contributed by atoms with Gasteiger partial charge in [0.25, 0.3) is 11.6 Å². The molecule has 1 amide bonds. The number of nitro benzene ring substituents is 1. The number of ether oxygens (including phenoxy) is 1. The van der Waals surface area contributed by atoms with Gasteiger partial charge in [0.1, 0.15) is 12.4 Å². The van der Waals surface area contributed by atoms with E-state index >= 15 is 0 Å². The molecular formula is C19H15F2N3O5S. The normalized spacial score (nSPS) is 11.7. The molecule has 0 aliphatic heterocycles. The number of nitrogens with zero attached hydrogens (tertiary/aromatic N) is 3. The van der Waals surface area contributed by atoms with Crippen molar-refractivity contribution in [1.29, 1.82) is 0 Å². The Balaban J connectivity index is 2.19. The second-order valence-electron chi connectivity index (χ2n) is 6.13. The lowest BCUT2D eigenvalue weighted by molar-refractivity contribution is -0.385. The Hall–Kier alpha value is -3.47. The zero-order chi connectivity index (χ0) is 22.0. The number of rotatable bonds is 5. The van der Waals surface area contributed by atoms with Crippen molar-refractivity contribution in [3.8, 4) is 0 Å². The molecule has 3 rings (SSSR count). The lowest BCUT2D eigenvalue weighted by atomic mass is 10.1. The molecule has 0 unspecified atom stereocenters. The topological polar surface area (TPSA) is 104 Å². The summed E-state index contributed by atoms with van der Waals surface area (Å²) in [7, 11) is 0. The van der Waals surface area contributed by atoms with Crippen molar-refractivity contribution in [3.63, 3.8) is 0 Å². The molecule has 0 saturated heterocycles. The summed E-state index contributed by atoms with van der Waals surface area (Å²) in [6, 6.07) is 5.70. The molecule has 1 heterocycles. The van der Waals surface area contributed by atoms with E-state index in [0.29, 0.717) is 6.07 Å². The minimum absolute atomic E-state index is 0.0176. The molecular weight excluding hydrogens is 420 g/mol. The number of hydrogen-bond donors (Lipinski definition) is 0. The fourth-order valence-electron chi connectivity index (χ4n) is 2.90. The van der Waals surface area contributed by atoms with Crippen LogP contribution >= 0.6 is 11.3 Å². The van der Waals surface area contributed by atoms with Gasteiger partial charge in [-0.15, -0.1) is 0 Å². The predicted molar refractivity (Wildman–Crippen MR) is 104 cm³/mol. The second kappa shape index (κ2) is 8.49. The van der Waals surface area contributed by atoms with Gasteiger partial charge in [-0.25, -0.2) is 8.78 Å². The van der Waals surface area contributed by atoms with Gasteiger partial charge in [0.05, 0.1) is 27.3 Å². The van der Waals surface area contributed by atoms with Crippen LogP contribution in [0, 0.1) is 28.7 Å². The quantitative estimate of drug-likeness (QED) is 0.347. The molecule has 1 aromatic heterocycles. The Morgan fingerprint density at radius 3 is 2.70 bits per heavy atom. The largest absolute Gasteiger partial charge is 0.465 e. The summed E-state index contributed by atoms with van der Waals surface area (Å²) in [4.78, 5) is 39.1. The maximum absolute atomic E-state index is 14.4. The van der Waals surface area contributed by atoms with Crippen molar-refractivity contribution in [2.45, 2.75) is 20.4 Å². The lowest BCUT2D eigenvalue weighted by Gasteiger charge is -2.06. The van der Waals surface area contributed by atoms with E-state index in [1.807, 2.05) is 0 Å². The molecule has 0 fully saturated rings. The molecule has 0 N–H and O–H groups in total. The molecule has 0 saturated carbocycles. The lowest BCUT2D eigenvalue weighted by Crippen LogP contribution is -2.23. The summed E-state index contributed by atoms with van der Waals surface area (Å²) >= 11 is 0.805. The van der Waals surface area contributed by atoms with Gasteiger partial charge in [-0.05, 0) is 26.0 Å². The molecule has 0 aliphatic rings. The molecule has 0 radical (unpaired) electrons. The van der Waals surface area contributed by atoms with Gasteiger partial charge in [-0.3, -0.25) is 19.7 Å². The number of esters is 1. The van der Waals surface area contributed by atoms with Crippen LogP contribution in [-0.4, -0.2) is 28.0 Å². The molecule has 0 spiro atoms. The summed E-state index contributed by atoms with van der Waals surface area (Å²) < 4.78 is 34.2. The predicted octanol–water partition coefficient (Wildman–Crippen LogP) is 3.50. The highest BCUT2D eigenvalue weighted by atomic mass is 32.1. The molecule has 0 aliphatic carbocycles. The third kappa shape index (κ3) is 4.10. The van der Waals surface area contributed by atoms with E-state index in [9.17, 15) is 28.5 Å². The van der Waals surface area contributed by atoms with Gasteiger partial charge in [0.15, 0.2) is 10.6 Å². The zero-order valence-corrected chi connectivity index (χ0v) is 16.7. The van der Waals surface area contributed by atoms with Crippen molar-refractivity contribution in [2.24, 2.45) is 4.99 Å². The Morgan fingerprint density at radius 1 is 1.30 bits per heavy atom. The van der Waals surface area contributed by atoms with Crippen LogP contribution in [0.2, 0.25) is 0 Å². The van der Waals surface area contributed by atoms with Crippen LogP contribution < -0.4 is 4.80 Å². The maximum atomic E-state index is 14.4. The summed E-state index contributed by atoms with van der Waals surface area (Å²) in [5, 5.41) is 11.1. The number of benzene rings is 2. The van der Waals surface area contributed by atoms with Crippen LogP contribution in [0.3, 0.4) is 0 Å². The van der Waals surface area contributed by atoms with Crippen LogP contribution in [0.1, 0.15) is 22.8 Å². The highest BCUT2D eigenvalue weighted by molar-refractivity contribution is 7.16. The molecule has 11 heteroatoms. The summed E-state index contributed by atoms with van der Waals surface area (Å²) in [6.45, 7) is 2.66. The minimum Gasteiger partial charge on any atom is -0.465 e. The van der Waals surface area contributed by atoms with E-state index in [2.05, 4.69) is 4.99 Å². The van der Waals surface area contributed by atoms with E-state index < -0.39 is 35.0 Å². The van der Waals surface area contributed by atoms with Gasteiger partial charge < -0.3 is 9.30 Å². The Bertz CT molecular complexity index is 1250. The van der Waals surface area contributed by atoms with Crippen LogP contribution in [0.5, 0.6) is 0 Å². The van der Waals surface area contributed by atoms with Gasteiger partial charge in [-0.1, -0.05) is 17.4 Å². The van der Waals surface area contributed by atoms with E-state index in [0.717, 1.165) is 22.0 Å². The number of halogens is 2. The van der Waals surface area contributed by atoms with Crippen molar-refractivity contribution in [1.82, 2.24) is 4.57 Å². The highest BCUT2D eigenvalue weighted by Crippen LogP contribution is 2.24. The molecule has 0 bridgehead atoms. The molecule has 0 atom stereocenters. The standard InChI is InChI=1S/C19H15F2N3O5S/c1-3-29-16(25)9-23-17-13(21)7-11(20)8-15(17)30-19(23)22-18(26)12-5-4-6-14(10(12)2)24(27)28/h4-8H,3,9H2,1-2H3. The number of nitro groups is 1. The van der Waals surface area contributed by atoms with Gasteiger partial charge in [0.2, 0.25) is 0 Å². The average Bonchev–Trinajstić information content (AvgIpc) is 2.98. The summed E-state index contributed by atoms with van der Waals surface area (Å²) in [6.07, 6.45) is 0. The Labute approximate surface area is 172 Å². The molecule has 3 aromatic rings. The minimum atomic E-state index is -0.925. The molecule has 156 valence electrons. The first-order valence-electron chi connectivity index (χ1n) is 8.70. The van der Waals surface area contributed by atoms with Gasteiger partial charge >= 0.3 is 5.97 Å². The number of hydrogen-bond acceptors (Lipinski definition) is 6. The number of aromatic nitrogens is 1. The summed E-state index contributed by atoms with van der Waals surface area (Å²) in [5.74, 6) is -3.26. The van der Waals surface area contributed by atoms with Crippen molar-refractivity contribution >= 4 is 39.1 Å². The van der Waals surface area contributed by atoms with Crippen LogP contribution in [0.15, 0.2) is 35.3 Å². The van der Waals surface area contributed by atoms with E-state index in [-0.39, 0.29) is 38.4 Å². The number of carbonyl (C=O) groups is 2. The molecule has 30 heavy (non-hydrogen) atoms. The monoisotopic (exact) mass is 435 g/mol. The van der Waals surface area contributed by atoms with Gasteiger partial charge in [0, 0.05) is 17.7 Å². The zero-order valence-electron chi connectivity index (χ0n) is 15.8. The highest BCUT2D eigenvalue weighted by Gasteiger charge is 2.20. The van der Waals surface area contributed by atoms with E-state index in [4.69, 9.17) is 4.74 Å². The number of carbonyl (C=O) groups excluding carboxylic acids is 2. The molecule has 2 aromatic carbocycles. The Kier molecular flexibility index (Phi) is 6.01.